The van der Waals surface area contributed by atoms with Gasteiger partial charge in [0.05, 0.1) is 13.1 Å². The summed E-state index contributed by atoms with van der Waals surface area (Å²) < 4.78 is 4.65. The summed E-state index contributed by atoms with van der Waals surface area (Å²) in [5, 5.41) is 12.5. The van der Waals surface area contributed by atoms with Gasteiger partial charge in [-0.3, -0.25) is 10.2 Å². The lowest BCUT2D eigenvalue weighted by atomic mass is 10.1. The number of amides is 3. The normalized spacial score (nSPS) is 9.74. The Hall–Kier alpha value is -3.21. The van der Waals surface area contributed by atoms with Crippen molar-refractivity contribution in [2.45, 2.75) is 83.5 Å². The fraction of sp³-hybridized carbons (Fsp3) is 0.783. The molecule has 0 spiro atoms. The first-order valence-electron chi connectivity index (χ1n) is 12.1. The van der Waals surface area contributed by atoms with Crippen molar-refractivity contribution < 1.29 is 23.9 Å². The largest absolute Gasteiger partial charge is 0.428 e. The number of nitrogens with one attached hydrogen (secondary N) is 2. The molecule has 0 atom stereocenters. The number of ether oxygens (including phenoxy) is 1. The van der Waals surface area contributed by atoms with E-state index in [1.807, 2.05) is 0 Å². The number of isocyanates is 2. The van der Waals surface area contributed by atoms with Gasteiger partial charge in [0, 0.05) is 19.5 Å². The fourth-order valence-electron chi connectivity index (χ4n) is 3.14. The zero-order valence-corrected chi connectivity index (χ0v) is 20.1. The van der Waals surface area contributed by atoms with E-state index in [9.17, 15) is 19.2 Å². The van der Waals surface area contributed by atoms with Crippen molar-refractivity contribution in [2.75, 3.05) is 32.8 Å². The topological polar surface area (TPSA) is 153 Å². The van der Waals surface area contributed by atoms with Gasteiger partial charge in [-0.15, -0.1) is 0 Å². The molecule has 11 nitrogen and oxygen atoms in total. The molecule has 0 unspecified atom stereocenters. The van der Waals surface area contributed by atoms with Crippen LogP contribution in [0, 0.1) is 11.5 Å². The van der Waals surface area contributed by atoms with Crippen molar-refractivity contribution in [2.24, 2.45) is 9.98 Å². The Bertz CT molecular complexity index is 684. The smallest absolute Gasteiger partial charge is 0.336 e. The SMILES string of the molecule is N#COCCCCCCN(NC(=O)CCCCCCN=C=O)C(=O)NCCCCCCN=C=O. The highest BCUT2D eigenvalue weighted by Crippen LogP contribution is 2.05. The number of aliphatic imine (C=N–C) groups is 2. The van der Waals surface area contributed by atoms with Gasteiger partial charge in [0.15, 0.2) is 0 Å². The maximum absolute atomic E-state index is 12.6. The number of carbonyl (C=O) groups is 2. The van der Waals surface area contributed by atoms with Crippen LogP contribution in [0.4, 0.5) is 4.79 Å². The van der Waals surface area contributed by atoms with Crippen LogP contribution in [0.15, 0.2) is 9.98 Å². The van der Waals surface area contributed by atoms with E-state index in [0.29, 0.717) is 45.6 Å². The molecule has 0 aliphatic carbocycles. The number of nitriles is 1. The minimum absolute atomic E-state index is 0.209. The molecule has 0 aliphatic rings. The monoisotopic (exact) mass is 478 g/mol. The van der Waals surface area contributed by atoms with Crippen molar-refractivity contribution in [3.63, 3.8) is 0 Å². The molecule has 3 amide bonds. The lowest BCUT2D eigenvalue weighted by molar-refractivity contribution is -0.125. The number of hydrogen-bond donors (Lipinski definition) is 2. The first kappa shape index (κ1) is 30.8. The van der Waals surface area contributed by atoms with Gasteiger partial charge in [-0.05, 0) is 44.9 Å². The zero-order chi connectivity index (χ0) is 25.1. The van der Waals surface area contributed by atoms with E-state index in [4.69, 9.17) is 5.26 Å². The summed E-state index contributed by atoms with van der Waals surface area (Å²) in [6.07, 6.45) is 14.8. The van der Waals surface area contributed by atoms with Crippen LogP contribution in [0.3, 0.4) is 0 Å². The number of nitrogens with zero attached hydrogens (tertiary/aromatic N) is 4. The summed E-state index contributed by atoms with van der Waals surface area (Å²) in [6, 6.07) is -0.335. The summed E-state index contributed by atoms with van der Waals surface area (Å²) in [4.78, 5) is 51.9. The number of urea groups is 1. The van der Waals surface area contributed by atoms with Gasteiger partial charge in [-0.25, -0.2) is 29.4 Å². The van der Waals surface area contributed by atoms with Gasteiger partial charge in [0.2, 0.25) is 18.1 Å². The van der Waals surface area contributed by atoms with Crippen molar-refractivity contribution in [1.29, 1.82) is 5.26 Å². The maximum atomic E-state index is 12.6. The summed E-state index contributed by atoms with van der Waals surface area (Å²) in [6.45, 7) is 2.21. The van der Waals surface area contributed by atoms with Crippen LogP contribution < -0.4 is 10.7 Å². The zero-order valence-electron chi connectivity index (χ0n) is 20.1. The predicted octanol–water partition coefficient (Wildman–Crippen LogP) is 3.27. The molecule has 190 valence electrons. The second kappa shape index (κ2) is 24.4. The number of carbonyl (C=O) groups excluding carboxylic acids is 4. The highest BCUT2D eigenvalue weighted by Gasteiger charge is 2.15. The lowest BCUT2D eigenvalue weighted by Crippen LogP contribution is -2.51. The minimum Gasteiger partial charge on any atom is -0.428 e. The quantitative estimate of drug-likeness (QED) is 0.0848. The average Bonchev–Trinajstić information content (AvgIpc) is 2.83. The molecule has 34 heavy (non-hydrogen) atoms. The molecular weight excluding hydrogens is 440 g/mol. The van der Waals surface area contributed by atoms with E-state index in [2.05, 4.69) is 25.5 Å². The number of hydrogen-bond acceptors (Lipinski definition) is 8. The van der Waals surface area contributed by atoms with Crippen LogP contribution in [-0.4, -0.2) is 61.9 Å². The molecule has 0 rings (SSSR count). The standard InChI is InChI=1S/C23H38N6O5/c24-19-34-18-12-6-5-11-17-29(23(33)27-16-10-4-3-9-15-26-21-31)28-22(32)13-7-1-2-8-14-25-20-30/h1-18H2,(H,27,33)(H,28,32). The summed E-state index contributed by atoms with van der Waals surface area (Å²) in [5.74, 6) is -0.209. The molecular formula is C23H38N6O5. The highest BCUT2D eigenvalue weighted by atomic mass is 16.5. The van der Waals surface area contributed by atoms with Crippen LogP contribution in [0.5, 0.6) is 0 Å². The summed E-state index contributed by atoms with van der Waals surface area (Å²) in [7, 11) is 0. The van der Waals surface area contributed by atoms with Crippen LogP contribution in [0.2, 0.25) is 0 Å². The van der Waals surface area contributed by atoms with Crippen LogP contribution in [-0.2, 0) is 19.1 Å². The summed E-state index contributed by atoms with van der Waals surface area (Å²) in [5.41, 5.74) is 2.71. The first-order chi connectivity index (χ1) is 16.7. The van der Waals surface area contributed by atoms with Gasteiger partial charge in [-0.1, -0.05) is 32.1 Å². The molecule has 0 bridgehead atoms. The van der Waals surface area contributed by atoms with Gasteiger partial charge < -0.3 is 10.1 Å². The molecule has 11 heteroatoms. The molecule has 0 aliphatic heterocycles. The van der Waals surface area contributed by atoms with Gasteiger partial charge in [0.25, 0.3) is 6.26 Å². The third-order valence-electron chi connectivity index (χ3n) is 4.97. The number of unbranched alkanes of at least 4 members (excludes halogenated alkanes) is 9. The second-order valence-corrected chi connectivity index (χ2v) is 7.80. The van der Waals surface area contributed by atoms with E-state index in [1.54, 1.807) is 6.26 Å². The van der Waals surface area contributed by atoms with Crippen molar-refractivity contribution in [3.8, 4) is 6.26 Å². The Morgan fingerprint density at radius 2 is 1.38 bits per heavy atom. The average molecular weight is 479 g/mol. The van der Waals surface area contributed by atoms with E-state index < -0.39 is 0 Å². The molecule has 0 aromatic carbocycles. The third kappa shape index (κ3) is 20.7. The second-order valence-electron chi connectivity index (χ2n) is 7.80. The first-order valence-corrected chi connectivity index (χ1v) is 12.1. The van der Waals surface area contributed by atoms with E-state index in [1.165, 1.54) is 17.2 Å². The van der Waals surface area contributed by atoms with Gasteiger partial charge >= 0.3 is 6.03 Å². The Morgan fingerprint density at radius 1 is 0.794 bits per heavy atom. The van der Waals surface area contributed by atoms with Crippen LogP contribution in [0.25, 0.3) is 0 Å². The van der Waals surface area contributed by atoms with Gasteiger partial charge in [-0.2, -0.15) is 5.26 Å². The Labute approximate surface area is 202 Å². The third-order valence-corrected chi connectivity index (χ3v) is 4.97. The van der Waals surface area contributed by atoms with E-state index in [-0.39, 0.29) is 11.9 Å². The molecule has 0 aromatic rings. The lowest BCUT2D eigenvalue weighted by Gasteiger charge is -2.24. The number of rotatable bonds is 21. The molecule has 0 fully saturated rings. The number of hydrazine groups is 1. The molecule has 0 heterocycles. The Balaban J connectivity index is 4.31. The highest BCUT2D eigenvalue weighted by molar-refractivity contribution is 5.81. The Kier molecular flexibility index (Phi) is 22.1. The molecule has 0 radical (unpaired) electrons. The van der Waals surface area contributed by atoms with Crippen LogP contribution >= 0.6 is 0 Å². The van der Waals surface area contributed by atoms with E-state index >= 15 is 0 Å². The molecule has 0 aromatic heterocycles. The maximum Gasteiger partial charge on any atom is 0.336 e. The summed E-state index contributed by atoms with van der Waals surface area (Å²) >= 11 is 0. The molecule has 0 saturated carbocycles. The Morgan fingerprint density at radius 3 is 2.03 bits per heavy atom. The molecule has 0 saturated heterocycles. The minimum atomic E-state index is -0.335. The van der Waals surface area contributed by atoms with Crippen molar-refractivity contribution >= 4 is 24.1 Å². The fourth-order valence-corrected chi connectivity index (χ4v) is 3.14. The van der Waals surface area contributed by atoms with E-state index in [0.717, 1.165) is 70.6 Å². The van der Waals surface area contributed by atoms with Crippen molar-refractivity contribution in [1.82, 2.24) is 15.8 Å². The van der Waals surface area contributed by atoms with Gasteiger partial charge in [0.1, 0.15) is 6.61 Å². The van der Waals surface area contributed by atoms with Crippen LogP contribution in [0.1, 0.15) is 83.5 Å². The van der Waals surface area contributed by atoms with Crippen molar-refractivity contribution in [3.05, 3.63) is 0 Å². The molecule has 2 N–H and O–H groups in total. The predicted molar refractivity (Wildman–Crippen MR) is 126 cm³/mol.